The molecule has 1 unspecified atom stereocenters. The highest BCUT2D eigenvalue weighted by Crippen LogP contribution is 1.95. The molecule has 0 bridgehead atoms. The lowest BCUT2D eigenvalue weighted by Crippen LogP contribution is -2.27. The van der Waals surface area contributed by atoms with Crippen molar-refractivity contribution < 1.29 is 17.2 Å². The third kappa shape index (κ3) is 7.73. The van der Waals surface area contributed by atoms with Gasteiger partial charge in [-0.3, -0.25) is 4.55 Å². The number of hydrogen-bond acceptors (Lipinski definition) is 4. The molecule has 0 saturated heterocycles. The first-order valence-electron chi connectivity index (χ1n) is 3.33. The van der Waals surface area contributed by atoms with Gasteiger partial charge in [-0.1, -0.05) is 13.3 Å². The molecule has 11 heavy (non-hydrogen) atoms. The van der Waals surface area contributed by atoms with E-state index < -0.39 is 10.4 Å². The van der Waals surface area contributed by atoms with Gasteiger partial charge in [0, 0.05) is 6.04 Å². The highest BCUT2D eigenvalue weighted by Gasteiger charge is 2.08. The van der Waals surface area contributed by atoms with E-state index in [2.05, 4.69) is 4.18 Å². The Hall–Kier alpha value is -0.170. The number of hydrogen-bond donors (Lipinski definition) is 2. The summed E-state index contributed by atoms with van der Waals surface area (Å²) >= 11 is 0. The quantitative estimate of drug-likeness (QED) is 0.582. The van der Waals surface area contributed by atoms with Gasteiger partial charge in [-0.15, -0.1) is 0 Å². The fourth-order valence-electron chi connectivity index (χ4n) is 0.628. The van der Waals surface area contributed by atoms with E-state index in [4.69, 9.17) is 10.3 Å². The van der Waals surface area contributed by atoms with Crippen LogP contribution in [0.1, 0.15) is 19.8 Å². The average Bonchev–Trinajstić information content (AvgIpc) is 1.83. The van der Waals surface area contributed by atoms with Crippen molar-refractivity contribution in [3.63, 3.8) is 0 Å². The molecule has 0 saturated carbocycles. The maximum absolute atomic E-state index is 10.0. The monoisotopic (exact) mass is 183 g/mol. The smallest absolute Gasteiger partial charge is 0.326 e. The topological polar surface area (TPSA) is 89.6 Å². The van der Waals surface area contributed by atoms with Gasteiger partial charge in [0.15, 0.2) is 0 Å². The minimum atomic E-state index is -4.32. The van der Waals surface area contributed by atoms with Crippen LogP contribution in [-0.4, -0.2) is 25.6 Å². The molecule has 0 radical (unpaired) electrons. The lowest BCUT2D eigenvalue weighted by molar-refractivity contribution is 0.246. The Kier molecular flexibility index (Phi) is 4.58. The molecular formula is C5H13NO4S. The molecule has 1 atom stereocenters. The molecule has 6 heteroatoms. The Morgan fingerprint density at radius 3 is 2.55 bits per heavy atom. The summed E-state index contributed by atoms with van der Waals surface area (Å²) in [7, 11) is -4.32. The minimum absolute atomic E-state index is 0.160. The van der Waals surface area contributed by atoms with Gasteiger partial charge < -0.3 is 5.73 Å². The molecule has 0 aromatic carbocycles. The SMILES string of the molecule is CCCC(N)COS(=O)(=O)O. The molecule has 0 spiro atoms. The molecule has 0 amide bonds. The predicted octanol–water partition coefficient (Wildman–Crippen LogP) is -0.0668. The Morgan fingerprint density at radius 1 is 1.64 bits per heavy atom. The highest BCUT2D eigenvalue weighted by atomic mass is 32.3. The van der Waals surface area contributed by atoms with E-state index in [-0.39, 0.29) is 12.6 Å². The molecule has 0 aliphatic rings. The van der Waals surface area contributed by atoms with Crippen LogP contribution in [-0.2, 0) is 14.6 Å². The molecule has 68 valence electrons. The van der Waals surface area contributed by atoms with E-state index in [1.54, 1.807) is 0 Å². The molecule has 0 aliphatic carbocycles. The Labute approximate surface area is 66.5 Å². The summed E-state index contributed by atoms with van der Waals surface area (Å²) < 4.78 is 32.2. The Morgan fingerprint density at radius 2 is 2.18 bits per heavy atom. The van der Waals surface area contributed by atoms with Crippen LogP contribution in [0.2, 0.25) is 0 Å². The average molecular weight is 183 g/mol. The Balaban J connectivity index is 3.54. The Bertz CT molecular complexity index is 189. The summed E-state index contributed by atoms with van der Waals surface area (Å²) in [6, 6.07) is -0.332. The van der Waals surface area contributed by atoms with Crippen molar-refractivity contribution >= 4 is 10.4 Å². The molecule has 0 rings (SSSR count). The fourth-order valence-corrected chi connectivity index (χ4v) is 0.974. The summed E-state index contributed by atoms with van der Waals surface area (Å²) in [5.74, 6) is 0. The van der Waals surface area contributed by atoms with Gasteiger partial charge in [-0.2, -0.15) is 8.42 Å². The second-order valence-electron chi connectivity index (χ2n) is 2.26. The van der Waals surface area contributed by atoms with Crippen molar-refractivity contribution in [1.29, 1.82) is 0 Å². The molecule has 3 N–H and O–H groups in total. The van der Waals surface area contributed by atoms with Crippen LogP contribution in [0.5, 0.6) is 0 Å². The van der Waals surface area contributed by atoms with Crippen molar-refractivity contribution in [2.24, 2.45) is 5.73 Å². The van der Waals surface area contributed by atoms with Gasteiger partial charge in [0.1, 0.15) is 0 Å². The largest absolute Gasteiger partial charge is 0.397 e. The van der Waals surface area contributed by atoms with Crippen molar-refractivity contribution in [3.05, 3.63) is 0 Å². The van der Waals surface area contributed by atoms with E-state index in [0.717, 1.165) is 6.42 Å². The van der Waals surface area contributed by atoms with Gasteiger partial charge >= 0.3 is 10.4 Å². The lowest BCUT2D eigenvalue weighted by Gasteiger charge is -2.07. The molecule has 0 aromatic rings. The standard InChI is InChI=1S/C5H13NO4S/c1-2-3-5(6)4-10-11(7,8)9/h5H,2-4,6H2,1H3,(H,7,8,9). The van der Waals surface area contributed by atoms with Crippen LogP contribution < -0.4 is 5.73 Å². The summed E-state index contributed by atoms with van der Waals surface area (Å²) in [4.78, 5) is 0. The highest BCUT2D eigenvalue weighted by molar-refractivity contribution is 7.80. The molecule has 0 heterocycles. The van der Waals surface area contributed by atoms with Crippen LogP contribution in [0.25, 0.3) is 0 Å². The van der Waals surface area contributed by atoms with Crippen LogP contribution in [0, 0.1) is 0 Å². The predicted molar refractivity (Wildman–Crippen MR) is 40.4 cm³/mol. The molecule has 0 fully saturated rings. The van der Waals surface area contributed by atoms with E-state index in [0.29, 0.717) is 6.42 Å². The van der Waals surface area contributed by atoms with Crippen molar-refractivity contribution in [1.82, 2.24) is 0 Å². The first-order chi connectivity index (χ1) is 4.95. The van der Waals surface area contributed by atoms with E-state index >= 15 is 0 Å². The summed E-state index contributed by atoms with van der Waals surface area (Å²) in [5.41, 5.74) is 5.39. The maximum atomic E-state index is 10.0. The second-order valence-corrected chi connectivity index (χ2v) is 3.35. The minimum Gasteiger partial charge on any atom is -0.326 e. The van der Waals surface area contributed by atoms with Crippen LogP contribution >= 0.6 is 0 Å². The molecular weight excluding hydrogens is 170 g/mol. The van der Waals surface area contributed by atoms with Crippen LogP contribution in [0.15, 0.2) is 0 Å². The van der Waals surface area contributed by atoms with Crippen molar-refractivity contribution in [3.8, 4) is 0 Å². The van der Waals surface area contributed by atoms with Gasteiger partial charge in [-0.25, -0.2) is 4.18 Å². The van der Waals surface area contributed by atoms with Crippen LogP contribution in [0.3, 0.4) is 0 Å². The first kappa shape index (κ1) is 10.8. The second kappa shape index (κ2) is 4.66. The summed E-state index contributed by atoms with van der Waals surface area (Å²) in [5, 5.41) is 0. The van der Waals surface area contributed by atoms with Crippen LogP contribution in [0.4, 0.5) is 0 Å². The van der Waals surface area contributed by atoms with Gasteiger partial charge in [0.25, 0.3) is 0 Å². The first-order valence-corrected chi connectivity index (χ1v) is 4.69. The zero-order valence-corrected chi connectivity index (χ0v) is 7.17. The van der Waals surface area contributed by atoms with E-state index in [1.807, 2.05) is 6.92 Å². The van der Waals surface area contributed by atoms with Gasteiger partial charge in [0.05, 0.1) is 6.61 Å². The van der Waals surface area contributed by atoms with Gasteiger partial charge in [0.2, 0.25) is 0 Å². The zero-order chi connectivity index (χ0) is 8.91. The van der Waals surface area contributed by atoms with Crippen molar-refractivity contribution in [2.45, 2.75) is 25.8 Å². The summed E-state index contributed by atoms with van der Waals surface area (Å²) in [6.07, 6.45) is 1.53. The maximum Gasteiger partial charge on any atom is 0.397 e. The third-order valence-corrected chi connectivity index (χ3v) is 1.52. The van der Waals surface area contributed by atoms with Gasteiger partial charge in [-0.05, 0) is 6.42 Å². The molecule has 5 nitrogen and oxygen atoms in total. The number of nitrogens with two attached hydrogens (primary N) is 1. The molecule has 0 aromatic heterocycles. The van der Waals surface area contributed by atoms with Crippen molar-refractivity contribution in [2.75, 3.05) is 6.61 Å². The fraction of sp³-hybridized carbons (Fsp3) is 1.00. The number of rotatable bonds is 5. The zero-order valence-electron chi connectivity index (χ0n) is 6.36. The normalized spacial score (nSPS) is 14.8. The third-order valence-electron chi connectivity index (χ3n) is 1.09. The lowest BCUT2D eigenvalue weighted by atomic mass is 10.2. The molecule has 0 aliphatic heterocycles. The summed E-state index contributed by atoms with van der Waals surface area (Å²) in [6.45, 7) is 1.76. The van der Waals surface area contributed by atoms with E-state index in [9.17, 15) is 8.42 Å². The van der Waals surface area contributed by atoms with E-state index in [1.165, 1.54) is 0 Å².